The Balaban J connectivity index is 2.00. The Bertz CT molecular complexity index is 964. The van der Waals surface area contributed by atoms with Crippen LogP contribution in [0.25, 0.3) is 5.52 Å². The maximum Gasteiger partial charge on any atom is 0.292 e. The number of hydrogen-bond donors (Lipinski definition) is 2. The second kappa shape index (κ2) is 7.76. The molecule has 0 fully saturated rings. The second-order valence-electron chi connectivity index (χ2n) is 5.55. The van der Waals surface area contributed by atoms with E-state index in [-0.39, 0.29) is 17.4 Å². The van der Waals surface area contributed by atoms with Gasteiger partial charge in [-0.05, 0) is 30.7 Å². The van der Waals surface area contributed by atoms with Crippen molar-refractivity contribution in [3.63, 3.8) is 0 Å². The molecule has 0 saturated carbocycles. The highest BCUT2D eigenvalue weighted by Gasteiger charge is 2.22. The molecule has 134 valence electrons. The number of carbonyl (C=O) groups excluding carboxylic acids is 2. The van der Waals surface area contributed by atoms with Crippen molar-refractivity contribution in [1.82, 2.24) is 14.7 Å². The van der Waals surface area contributed by atoms with E-state index in [9.17, 15) is 9.59 Å². The van der Waals surface area contributed by atoms with E-state index >= 15 is 0 Å². The van der Waals surface area contributed by atoms with Gasteiger partial charge in [-0.3, -0.25) is 14.0 Å². The maximum atomic E-state index is 12.7. The fourth-order valence-corrected chi connectivity index (χ4v) is 2.97. The smallest absolute Gasteiger partial charge is 0.292 e. The molecule has 3 aromatic rings. The molecule has 2 heterocycles. The number of halogens is 2. The predicted molar refractivity (Wildman–Crippen MR) is 102 cm³/mol. The standard InChI is InChI=1S/C18H16Cl2N4O2/c1-2-9-21-17(25)15-13-8-3-4-10-24(13)16(22-15)18(26)23-14-11(19)6-5-7-12(14)20/h3-8,10H,2,9H2,1H3,(H,21,25)(H,23,26). The van der Waals surface area contributed by atoms with Crippen LogP contribution < -0.4 is 10.6 Å². The summed E-state index contributed by atoms with van der Waals surface area (Å²) in [6.07, 6.45) is 2.47. The molecule has 2 amide bonds. The summed E-state index contributed by atoms with van der Waals surface area (Å²) in [7, 11) is 0. The average molecular weight is 391 g/mol. The zero-order valence-electron chi connectivity index (χ0n) is 13.9. The van der Waals surface area contributed by atoms with Crippen molar-refractivity contribution in [2.75, 3.05) is 11.9 Å². The molecule has 0 aliphatic carbocycles. The summed E-state index contributed by atoms with van der Waals surface area (Å²) in [5.74, 6) is -0.778. The van der Waals surface area contributed by atoms with Crippen LogP contribution >= 0.6 is 23.2 Å². The van der Waals surface area contributed by atoms with Crippen molar-refractivity contribution in [1.29, 1.82) is 0 Å². The number of pyridine rings is 1. The number of nitrogens with one attached hydrogen (secondary N) is 2. The number of imidazole rings is 1. The van der Waals surface area contributed by atoms with Gasteiger partial charge in [-0.25, -0.2) is 4.98 Å². The zero-order valence-corrected chi connectivity index (χ0v) is 15.4. The molecule has 2 aromatic heterocycles. The highest BCUT2D eigenvalue weighted by molar-refractivity contribution is 6.40. The molecular weight excluding hydrogens is 375 g/mol. The third kappa shape index (κ3) is 3.52. The first-order valence-electron chi connectivity index (χ1n) is 8.03. The molecule has 2 N–H and O–H groups in total. The van der Waals surface area contributed by atoms with Crippen LogP contribution in [0.4, 0.5) is 5.69 Å². The van der Waals surface area contributed by atoms with Gasteiger partial charge in [0.05, 0.1) is 21.2 Å². The Kier molecular flexibility index (Phi) is 5.44. The van der Waals surface area contributed by atoms with Crippen LogP contribution in [0, 0.1) is 0 Å². The van der Waals surface area contributed by atoms with E-state index in [2.05, 4.69) is 15.6 Å². The van der Waals surface area contributed by atoms with Crippen molar-refractivity contribution in [2.45, 2.75) is 13.3 Å². The van der Waals surface area contributed by atoms with Gasteiger partial charge in [-0.1, -0.05) is 42.3 Å². The summed E-state index contributed by atoms with van der Waals surface area (Å²) >= 11 is 12.2. The van der Waals surface area contributed by atoms with Gasteiger partial charge in [-0.15, -0.1) is 0 Å². The van der Waals surface area contributed by atoms with Crippen molar-refractivity contribution >= 4 is 46.2 Å². The quantitative estimate of drug-likeness (QED) is 0.690. The predicted octanol–water partition coefficient (Wildman–Crippen LogP) is 4.03. The van der Waals surface area contributed by atoms with E-state index in [1.165, 1.54) is 0 Å². The number of carbonyl (C=O) groups is 2. The van der Waals surface area contributed by atoms with Crippen molar-refractivity contribution in [2.24, 2.45) is 0 Å². The van der Waals surface area contributed by atoms with Gasteiger partial charge in [0.15, 0.2) is 5.69 Å². The van der Waals surface area contributed by atoms with Crippen LogP contribution in [-0.4, -0.2) is 27.7 Å². The highest BCUT2D eigenvalue weighted by Crippen LogP contribution is 2.30. The van der Waals surface area contributed by atoms with Crippen molar-refractivity contribution in [3.05, 3.63) is 64.2 Å². The van der Waals surface area contributed by atoms with Gasteiger partial charge >= 0.3 is 0 Å². The number of para-hydroxylation sites is 1. The van der Waals surface area contributed by atoms with Crippen molar-refractivity contribution in [3.8, 4) is 0 Å². The summed E-state index contributed by atoms with van der Waals surface area (Å²) in [5.41, 5.74) is 1.02. The fourth-order valence-electron chi connectivity index (χ4n) is 2.47. The van der Waals surface area contributed by atoms with E-state index in [4.69, 9.17) is 23.2 Å². The lowest BCUT2D eigenvalue weighted by Crippen LogP contribution is -2.24. The molecule has 6 nitrogen and oxygen atoms in total. The number of fused-ring (bicyclic) bond motifs is 1. The lowest BCUT2D eigenvalue weighted by molar-refractivity contribution is 0.0951. The Hall–Kier alpha value is -2.57. The van der Waals surface area contributed by atoms with E-state index in [1.807, 2.05) is 6.92 Å². The average Bonchev–Trinajstić information content (AvgIpc) is 3.02. The number of amides is 2. The molecule has 8 heteroatoms. The maximum absolute atomic E-state index is 12.7. The summed E-state index contributed by atoms with van der Waals surface area (Å²) < 4.78 is 1.56. The summed E-state index contributed by atoms with van der Waals surface area (Å²) in [5, 5.41) is 6.06. The topological polar surface area (TPSA) is 75.5 Å². The zero-order chi connectivity index (χ0) is 18.7. The molecule has 26 heavy (non-hydrogen) atoms. The molecule has 0 atom stereocenters. The van der Waals surface area contributed by atoms with Gasteiger partial charge in [0.1, 0.15) is 0 Å². The second-order valence-corrected chi connectivity index (χ2v) is 6.36. The van der Waals surface area contributed by atoms with Gasteiger partial charge in [-0.2, -0.15) is 0 Å². The van der Waals surface area contributed by atoms with E-state index in [1.54, 1.807) is 47.0 Å². The number of benzene rings is 1. The van der Waals surface area contributed by atoms with Crippen molar-refractivity contribution < 1.29 is 9.59 Å². The minimum atomic E-state index is -0.518. The third-order valence-corrected chi connectivity index (χ3v) is 4.33. The number of nitrogens with zero attached hydrogens (tertiary/aromatic N) is 2. The van der Waals surface area contributed by atoms with Crippen LogP contribution in [0.1, 0.15) is 34.5 Å². The first kappa shape index (κ1) is 18.2. The number of hydrogen-bond acceptors (Lipinski definition) is 3. The summed E-state index contributed by atoms with van der Waals surface area (Å²) in [6.45, 7) is 2.49. The van der Waals surface area contributed by atoms with Gasteiger partial charge in [0, 0.05) is 12.7 Å². The molecule has 3 rings (SSSR count). The molecule has 0 unspecified atom stereocenters. The van der Waals surface area contributed by atoms with E-state index < -0.39 is 5.91 Å². The Morgan fingerprint density at radius 3 is 2.50 bits per heavy atom. The monoisotopic (exact) mass is 390 g/mol. The summed E-state index contributed by atoms with van der Waals surface area (Å²) in [4.78, 5) is 29.3. The van der Waals surface area contributed by atoms with Crippen LogP contribution in [0.5, 0.6) is 0 Å². The summed E-state index contributed by atoms with van der Waals surface area (Å²) in [6, 6.07) is 10.2. The molecule has 0 aliphatic rings. The molecule has 0 spiro atoms. The van der Waals surface area contributed by atoms with Gasteiger partial charge in [0.25, 0.3) is 11.8 Å². The molecule has 0 bridgehead atoms. The Morgan fingerprint density at radius 2 is 1.81 bits per heavy atom. The lowest BCUT2D eigenvalue weighted by atomic mass is 10.3. The largest absolute Gasteiger partial charge is 0.351 e. The Labute approximate surface area is 160 Å². The minimum Gasteiger partial charge on any atom is -0.351 e. The molecule has 0 radical (unpaired) electrons. The van der Waals surface area contributed by atoms with Crippen LogP contribution in [-0.2, 0) is 0 Å². The molecular formula is C18H16Cl2N4O2. The molecule has 0 saturated heterocycles. The van der Waals surface area contributed by atoms with Gasteiger partial charge < -0.3 is 10.6 Å². The lowest BCUT2D eigenvalue weighted by Gasteiger charge is -2.08. The fraction of sp³-hybridized carbons (Fsp3) is 0.167. The molecule has 1 aromatic carbocycles. The first-order chi connectivity index (χ1) is 12.5. The van der Waals surface area contributed by atoms with Gasteiger partial charge in [0.2, 0.25) is 5.82 Å². The number of aromatic nitrogens is 2. The highest BCUT2D eigenvalue weighted by atomic mass is 35.5. The van der Waals surface area contributed by atoms with Crippen LogP contribution in [0.3, 0.4) is 0 Å². The Morgan fingerprint density at radius 1 is 1.08 bits per heavy atom. The van der Waals surface area contributed by atoms with Crippen LogP contribution in [0.2, 0.25) is 10.0 Å². The number of rotatable bonds is 5. The third-order valence-electron chi connectivity index (χ3n) is 3.70. The van der Waals surface area contributed by atoms with E-state index in [0.29, 0.717) is 27.8 Å². The van der Waals surface area contributed by atoms with Crippen LogP contribution in [0.15, 0.2) is 42.6 Å². The van der Waals surface area contributed by atoms with E-state index in [0.717, 1.165) is 6.42 Å². The molecule has 0 aliphatic heterocycles. The first-order valence-corrected chi connectivity index (χ1v) is 8.79. The SMILES string of the molecule is CCCNC(=O)c1nc(C(=O)Nc2c(Cl)cccc2Cl)n2ccccc12. The minimum absolute atomic E-state index is 0.0678. The number of anilines is 1. The normalized spacial score (nSPS) is 10.7.